The van der Waals surface area contributed by atoms with Gasteiger partial charge in [0.25, 0.3) is 0 Å². The van der Waals surface area contributed by atoms with Gasteiger partial charge in [0.05, 0.1) is 18.1 Å². The number of sulfone groups is 1. The normalized spacial score (nSPS) is 18.0. The fourth-order valence-corrected chi connectivity index (χ4v) is 5.08. The molecule has 142 valence electrons. The fraction of sp³-hybridized carbons (Fsp3) is 0.389. The van der Waals surface area contributed by atoms with Gasteiger partial charge in [-0.1, -0.05) is 12.1 Å². The molecule has 2 aliphatic rings. The molecular weight excluding hydrogens is 384 g/mol. The Morgan fingerprint density at radius 3 is 2.78 bits per heavy atom. The third kappa shape index (κ3) is 4.01. The quantitative estimate of drug-likeness (QED) is 0.767. The predicted octanol–water partition coefficient (Wildman–Crippen LogP) is 2.82. The van der Waals surface area contributed by atoms with E-state index in [0.717, 1.165) is 44.0 Å². The summed E-state index contributed by atoms with van der Waals surface area (Å²) in [4.78, 5) is 8.10. The molecule has 0 radical (unpaired) electrons. The van der Waals surface area contributed by atoms with Gasteiger partial charge < -0.3 is 4.74 Å². The van der Waals surface area contributed by atoms with Gasteiger partial charge >= 0.3 is 0 Å². The average molecular weight is 405 g/mol. The Morgan fingerprint density at radius 2 is 2.07 bits per heavy atom. The minimum absolute atomic E-state index is 0.235. The lowest BCUT2D eigenvalue weighted by molar-refractivity contribution is 0.0346. The number of benzene rings is 1. The molecule has 0 spiro atoms. The summed E-state index contributed by atoms with van der Waals surface area (Å²) in [5.41, 5.74) is 2.34. The lowest BCUT2D eigenvalue weighted by atomic mass is 10.0. The standard InChI is InChI=1S/C18H20N4O3S2/c1-27(23,24)16-4-2-3-15(17(16)18-19-12-20-21-18)13-9-14(26-11-13)10-22-5-7-25-8-6-22/h2-4,9,11H,5-8,10,12H2,1H3. The predicted molar refractivity (Wildman–Crippen MR) is 105 cm³/mol. The summed E-state index contributed by atoms with van der Waals surface area (Å²) in [6.45, 7) is 4.50. The van der Waals surface area contributed by atoms with Crippen molar-refractivity contribution >= 4 is 27.0 Å². The monoisotopic (exact) mass is 404 g/mol. The molecule has 1 aromatic carbocycles. The molecule has 7 nitrogen and oxygen atoms in total. The summed E-state index contributed by atoms with van der Waals surface area (Å²) >= 11 is 1.68. The summed E-state index contributed by atoms with van der Waals surface area (Å²) in [6.07, 6.45) is 1.21. The van der Waals surface area contributed by atoms with Crippen LogP contribution in [0.15, 0.2) is 49.8 Å². The van der Waals surface area contributed by atoms with Gasteiger partial charge in [-0.25, -0.2) is 13.4 Å². The number of hydrogen-bond acceptors (Lipinski definition) is 8. The van der Waals surface area contributed by atoms with Crippen LogP contribution in [0.1, 0.15) is 10.4 Å². The van der Waals surface area contributed by atoms with Crippen molar-refractivity contribution in [2.24, 2.45) is 15.2 Å². The summed E-state index contributed by atoms with van der Waals surface area (Å²) in [7, 11) is -3.42. The number of ether oxygens (including phenoxy) is 1. The Balaban J connectivity index is 1.72. The van der Waals surface area contributed by atoms with Crippen LogP contribution in [0.3, 0.4) is 0 Å². The third-order valence-corrected chi connectivity index (χ3v) is 6.61. The van der Waals surface area contributed by atoms with Gasteiger partial charge in [0, 0.05) is 36.3 Å². The van der Waals surface area contributed by atoms with E-state index < -0.39 is 9.84 Å². The Kier molecular flexibility index (Phi) is 5.18. The van der Waals surface area contributed by atoms with E-state index in [2.05, 4.69) is 31.6 Å². The van der Waals surface area contributed by atoms with Gasteiger partial charge in [-0.2, -0.15) is 5.11 Å². The highest BCUT2D eigenvalue weighted by atomic mass is 32.2. The van der Waals surface area contributed by atoms with Crippen LogP contribution in [0.5, 0.6) is 0 Å². The molecule has 0 bridgehead atoms. The van der Waals surface area contributed by atoms with Gasteiger partial charge in [0.1, 0.15) is 0 Å². The van der Waals surface area contributed by atoms with Gasteiger partial charge in [-0.15, -0.1) is 16.5 Å². The van der Waals surface area contributed by atoms with Crippen LogP contribution in [0, 0.1) is 0 Å². The maximum atomic E-state index is 12.3. The van der Waals surface area contributed by atoms with E-state index in [9.17, 15) is 8.42 Å². The van der Waals surface area contributed by atoms with Crippen LogP contribution in [0.4, 0.5) is 0 Å². The minimum atomic E-state index is -3.42. The number of hydrogen-bond donors (Lipinski definition) is 0. The zero-order chi connectivity index (χ0) is 18.9. The van der Waals surface area contributed by atoms with E-state index in [-0.39, 0.29) is 11.6 Å². The molecule has 0 atom stereocenters. The summed E-state index contributed by atoms with van der Waals surface area (Å²) in [6, 6.07) is 7.41. The van der Waals surface area contributed by atoms with E-state index in [1.165, 1.54) is 11.1 Å². The van der Waals surface area contributed by atoms with Crippen molar-refractivity contribution in [1.29, 1.82) is 0 Å². The van der Waals surface area contributed by atoms with E-state index >= 15 is 0 Å². The first-order chi connectivity index (χ1) is 13.0. The average Bonchev–Trinajstić information content (AvgIpc) is 3.33. The molecule has 0 amide bonds. The second-order valence-corrected chi connectivity index (χ2v) is 9.49. The van der Waals surface area contributed by atoms with E-state index in [0.29, 0.717) is 11.4 Å². The van der Waals surface area contributed by atoms with E-state index in [1.54, 1.807) is 23.5 Å². The summed E-state index contributed by atoms with van der Waals surface area (Å²) in [5, 5.41) is 10.0. The van der Waals surface area contributed by atoms with Crippen molar-refractivity contribution in [2.75, 3.05) is 39.2 Å². The molecule has 2 aliphatic heterocycles. The third-order valence-electron chi connectivity index (χ3n) is 4.55. The van der Waals surface area contributed by atoms with Gasteiger partial charge in [-0.05, 0) is 28.6 Å². The Bertz CT molecular complexity index is 1010. The number of morpholine rings is 1. The van der Waals surface area contributed by atoms with Crippen LogP contribution in [-0.2, 0) is 21.1 Å². The van der Waals surface area contributed by atoms with E-state index in [1.807, 2.05) is 6.07 Å². The van der Waals surface area contributed by atoms with Crippen LogP contribution >= 0.6 is 11.3 Å². The highest BCUT2D eigenvalue weighted by Crippen LogP contribution is 2.34. The maximum absolute atomic E-state index is 12.3. The molecular formula is C18H20N4O3S2. The largest absolute Gasteiger partial charge is 0.379 e. The number of nitrogens with zero attached hydrogens (tertiary/aromatic N) is 4. The zero-order valence-electron chi connectivity index (χ0n) is 15.0. The lowest BCUT2D eigenvalue weighted by Gasteiger charge is -2.25. The molecule has 3 heterocycles. The first kappa shape index (κ1) is 18.4. The molecule has 0 unspecified atom stereocenters. The smallest absolute Gasteiger partial charge is 0.180 e. The topological polar surface area (TPSA) is 83.7 Å². The number of amidine groups is 1. The molecule has 2 aromatic rings. The number of rotatable bonds is 5. The SMILES string of the molecule is CS(=O)(=O)c1cccc(-c2csc(CN3CCOCC3)c2)c1C1=NCN=N1. The molecule has 0 saturated carbocycles. The van der Waals surface area contributed by atoms with Crippen LogP contribution in [0.2, 0.25) is 0 Å². The second-order valence-electron chi connectivity index (χ2n) is 6.51. The number of aliphatic imine (C=N–C) groups is 1. The van der Waals surface area contributed by atoms with Crippen LogP contribution < -0.4 is 0 Å². The second kappa shape index (κ2) is 7.59. The van der Waals surface area contributed by atoms with Crippen molar-refractivity contribution < 1.29 is 13.2 Å². The highest BCUT2D eigenvalue weighted by Gasteiger charge is 2.23. The summed E-state index contributed by atoms with van der Waals surface area (Å²) < 4.78 is 30.0. The molecule has 4 rings (SSSR count). The van der Waals surface area contributed by atoms with Crippen molar-refractivity contribution in [3.8, 4) is 11.1 Å². The van der Waals surface area contributed by atoms with Gasteiger partial charge in [-0.3, -0.25) is 4.90 Å². The molecule has 0 N–H and O–H groups in total. The van der Waals surface area contributed by atoms with Crippen LogP contribution in [0.25, 0.3) is 11.1 Å². The first-order valence-electron chi connectivity index (χ1n) is 8.65. The lowest BCUT2D eigenvalue weighted by Crippen LogP contribution is -2.35. The zero-order valence-corrected chi connectivity index (χ0v) is 16.6. The molecule has 1 saturated heterocycles. The highest BCUT2D eigenvalue weighted by molar-refractivity contribution is 7.90. The van der Waals surface area contributed by atoms with Gasteiger partial charge in [0.15, 0.2) is 22.3 Å². The van der Waals surface area contributed by atoms with Crippen molar-refractivity contribution in [3.63, 3.8) is 0 Å². The summed E-state index contributed by atoms with van der Waals surface area (Å²) in [5.74, 6) is 0.381. The molecule has 9 heteroatoms. The van der Waals surface area contributed by atoms with Crippen LogP contribution in [-0.4, -0.2) is 58.4 Å². The Labute approximate surface area is 162 Å². The maximum Gasteiger partial charge on any atom is 0.180 e. The fourth-order valence-electron chi connectivity index (χ4n) is 3.25. The Morgan fingerprint density at radius 1 is 1.26 bits per heavy atom. The molecule has 27 heavy (non-hydrogen) atoms. The first-order valence-corrected chi connectivity index (χ1v) is 11.4. The Hall–Kier alpha value is -1.94. The number of thiophene rings is 1. The number of azo groups is 1. The van der Waals surface area contributed by atoms with Crippen molar-refractivity contribution in [3.05, 3.63) is 40.1 Å². The van der Waals surface area contributed by atoms with Gasteiger partial charge in [0.2, 0.25) is 0 Å². The molecule has 0 aliphatic carbocycles. The minimum Gasteiger partial charge on any atom is -0.379 e. The van der Waals surface area contributed by atoms with Crippen molar-refractivity contribution in [2.45, 2.75) is 11.4 Å². The molecule has 1 aromatic heterocycles. The van der Waals surface area contributed by atoms with E-state index in [4.69, 9.17) is 4.74 Å². The van der Waals surface area contributed by atoms with Crippen molar-refractivity contribution in [1.82, 2.24) is 4.90 Å². The molecule has 1 fully saturated rings.